The molecule has 0 fully saturated rings. The van der Waals surface area contributed by atoms with Gasteiger partial charge in [-0.05, 0) is 60.7 Å². The average molecular weight is 372 g/mol. The molecule has 6 heteroatoms. The molecular weight excluding hydrogens is 354 g/mol. The van der Waals surface area contributed by atoms with Gasteiger partial charge in [-0.15, -0.1) is 0 Å². The molecule has 0 N–H and O–H groups in total. The summed E-state index contributed by atoms with van der Waals surface area (Å²) in [6, 6.07) is 17.7. The Morgan fingerprint density at radius 2 is 1.73 bits per heavy atom. The highest BCUT2D eigenvalue weighted by molar-refractivity contribution is 6.30. The number of halogens is 1. The zero-order valence-corrected chi connectivity index (χ0v) is 15.0. The molecule has 0 unspecified atom stereocenters. The van der Waals surface area contributed by atoms with Crippen molar-refractivity contribution in [2.75, 3.05) is 18.6 Å². The third kappa shape index (κ3) is 4.58. The smallest absolute Gasteiger partial charge is 0.265 e. The van der Waals surface area contributed by atoms with Crippen LogP contribution in [0.3, 0.4) is 0 Å². The second kappa shape index (κ2) is 8.45. The number of ether oxygens (including phenoxy) is 2. The van der Waals surface area contributed by atoms with Crippen LogP contribution in [0.4, 0.5) is 5.69 Å². The molecule has 2 aromatic carbocycles. The molecule has 5 nitrogen and oxygen atoms in total. The summed E-state index contributed by atoms with van der Waals surface area (Å²) in [5.41, 5.74) is 0.729. The molecule has 0 aliphatic heterocycles. The molecule has 0 radical (unpaired) electrons. The second-order valence-corrected chi connectivity index (χ2v) is 5.94. The largest absolute Gasteiger partial charge is 0.497 e. The molecule has 1 amide bonds. The Labute approximate surface area is 156 Å². The number of hydrogen-bond donors (Lipinski definition) is 0. The molecular formula is C20H18ClNO4. The van der Waals surface area contributed by atoms with E-state index < -0.39 is 0 Å². The predicted molar refractivity (Wildman–Crippen MR) is 99.8 cm³/mol. The Bertz CT molecular complexity index is 829. The van der Waals surface area contributed by atoms with Crippen LogP contribution in [0.25, 0.3) is 0 Å². The number of benzene rings is 2. The zero-order valence-electron chi connectivity index (χ0n) is 14.2. The van der Waals surface area contributed by atoms with E-state index in [9.17, 15) is 4.79 Å². The molecule has 0 aliphatic carbocycles. The van der Waals surface area contributed by atoms with Crippen LogP contribution in [-0.2, 0) is 11.3 Å². The number of nitrogens with zero attached hydrogens (tertiary/aromatic N) is 1. The molecule has 0 saturated carbocycles. The Kier molecular flexibility index (Phi) is 5.81. The van der Waals surface area contributed by atoms with Crippen molar-refractivity contribution in [3.8, 4) is 11.5 Å². The Morgan fingerprint density at radius 1 is 1.04 bits per heavy atom. The molecule has 26 heavy (non-hydrogen) atoms. The summed E-state index contributed by atoms with van der Waals surface area (Å²) in [6.07, 6.45) is 1.58. The van der Waals surface area contributed by atoms with Crippen molar-refractivity contribution in [2.45, 2.75) is 6.54 Å². The van der Waals surface area contributed by atoms with Gasteiger partial charge in [-0.1, -0.05) is 11.6 Å². The Morgan fingerprint density at radius 3 is 2.35 bits per heavy atom. The quantitative estimate of drug-likeness (QED) is 0.611. The van der Waals surface area contributed by atoms with Crippen molar-refractivity contribution in [3.05, 3.63) is 77.7 Å². The van der Waals surface area contributed by atoms with Crippen LogP contribution in [0.1, 0.15) is 5.76 Å². The maximum Gasteiger partial charge on any atom is 0.265 e. The monoisotopic (exact) mass is 371 g/mol. The van der Waals surface area contributed by atoms with Crippen molar-refractivity contribution in [1.82, 2.24) is 0 Å². The lowest BCUT2D eigenvalue weighted by molar-refractivity contribution is -0.120. The minimum absolute atomic E-state index is 0.103. The summed E-state index contributed by atoms with van der Waals surface area (Å²) in [5.74, 6) is 1.79. The number of hydrogen-bond acceptors (Lipinski definition) is 4. The first-order valence-electron chi connectivity index (χ1n) is 8.01. The minimum Gasteiger partial charge on any atom is -0.497 e. The van der Waals surface area contributed by atoms with Crippen LogP contribution in [0.5, 0.6) is 11.5 Å². The van der Waals surface area contributed by atoms with Crippen molar-refractivity contribution in [2.24, 2.45) is 0 Å². The molecule has 134 valence electrons. The van der Waals surface area contributed by atoms with E-state index in [0.29, 0.717) is 23.1 Å². The Hall–Kier alpha value is -2.92. The van der Waals surface area contributed by atoms with Gasteiger partial charge in [0.2, 0.25) is 0 Å². The van der Waals surface area contributed by atoms with E-state index in [4.69, 9.17) is 25.5 Å². The first kappa shape index (κ1) is 17.9. The standard InChI is InChI=1S/C20H18ClNO4/c1-24-17-10-6-16(7-11-17)22(13-19-3-2-12-25-19)20(23)14-26-18-8-4-15(21)5-9-18/h2-12H,13-14H2,1H3. The summed E-state index contributed by atoms with van der Waals surface area (Å²) in [4.78, 5) is 14.4. The molecule has 0 atom stereocenters. The van der Waals surface area contributed by atoms with Gasteiger partial charge in [0.25, 0.3) is 5.91 Å². The Balaban J connectivity index is 1.74. The molecule has 0 bridgehead atoms. The van der Waals surface area contributed by atoms with Crippen LogP contribution in [0, 0.1) is 0 Å². The van der Waals surface area contributed by atoms with Crippen molar-refractivity contribution in [3.63, 3.8) is 0 Å². The van der Waals surface area contributed by atoms with Gasteiger partial charge >= 0.3 is 0 Å². The first-order chi connectivity index (χ1) is 12.7. The number of carbonyl (C=O) groups excluding carboxylic acids is 1. The molecule has 3 aromatic rings. The van der Waals surface area contributed by atoms with Crippen LogP contribution in [0.2, 0.25) is 5.02 Å². The fourth-order valence-electron chi connectivity index (χ4n) is 2.40. The number of amides is 1. The number of rotatable bonds is 7. The number of furan rings is 1. The highest BCUT2D eigenvalue weighted by Crippen LogP contribution is 2.22. The fraction of sp³-hybridized carbons (Fsp3) is 0.150. The lowest BCUT2D eigenvalue weighted by atomic mass is 10.2. The number of carbonyl (C=O) groups is 1. The predicted octanol–water partition coefficient (Wildman–Crippen LogP) is 4.55. The van der Waals surface area contributed by atoms with Gasteiger partial charge in [-0.2, -0.15) is 0 Å². The van der Waals surface area contributed by atoms with E-state index in [0.717, 1.165) is 11.4 Å². The van der Waals surface area contributed by atoms with Gasteiger partial charge in [0.1, 0.15) is 17.3 Å². The minimum atomic E-state index is -0.193. The van der Waals surface area contributed by atoms with Gasteiger partial charge in [0.15, 0.2) is 6.61 Å². The van der Waals surface area contributed by atoms with E-state index in [1.165, 1.54) is 0 Å². The normalized spacial score (nSPS) is 10.4. The summed E-state index contributed by atoms with van der Waals surface area (Å²) in [5, 5.41) is 0.612. The molecule has 3 rings (SSSR count). The fourth-order valence-corrected chi connectivity index (χ4v) is 2.52. The van der Waals surface area contributed by atoms with Gasteiger partial charge in [-0.25, -0.2) is 0 Å². The van der Waals surface area contributed by atoms with E-state index in [1.807, 2.05) is 18.2 Å². The number of anilines is 1. The van der Waals surface area contributed by atoms with Gasteiger partial charge < -0.3 is 18.8 Å². The lowest BCUT2D eigenvalue weighted by Crippen LogP contribution is -2.34. The van der Waals surface area contributed by atoms with Crippen molar-refractivity contribution >= 4 is 23.2 Å². The molecule has 0 aliphatic rings. The van der Waals surface area contributed by atoms with Gasteiger partial charge in [0.05, 0.1) is 19.9 Å². The summed E-state index contributed by atoms with van der Waals surface area (Å²) >= 11 is 5.86. The molecule has 0 spiro atoms. The highest BCUT2D eigenvalue weighted by atomic mass is 35.5. The van der Waals surface area contributed by atoms with Crippen molar-refractivity contribution in [1.29, 1.82) is 0 Å². The molecule has 1 aromatic heterocycles. The van der Waals surface area contributed by atoms with Crippen LogP contribution >= 0.6 is 11.6 Å². The summed E-state index contributed by atoms with van der Waals surface area (Å²) in [6.45, 7) is 0.205. The third-order valence-electron chi connectivity index (χ3n) is 3.76. The molecule has 1 heterocycles. The average Bonchev–Trinajstić information content (AvgIpc) is 3.19. The molecule has 0 saturated heterocycles. The third-order valence-corrected chi connectivity index (χ3v) is 4.01. The van der Waals surface area contributed by atoms with Crippen LogP contribution in [-0.4, -0.2) is 19.6 Å². The topological polar surface area (TPSA) is 51.9 Å². The first-order valence-corrected chi connectivity index (χ1v) is 8.38. The van der Waals surface area contributed by atoms with Gasteiger partial charge in [-0.3, -0.25) is 4.79 Å². The lowest BCUT2D eigenvalue weighted by Gasteiger charge is -2.22. The number of methoxy groups -OCH3 is 1. The summed E-state index contributed by atoms with van der Waals surface area (Å²) in [7, 11) is 1.60. The van der Waals surface area contributed by atoms with Gasteiger partial charge in [0, 0.05) is 10.7 Å². The van der Waals surface area contributed by atoms with Crippen LogP contribution in [0.15, 0.2) is 71.3 Å². The summed E-state index contributed by atoms with van der Waals surface area (Å²) < 4.78 is 16.1. The van der Waals surface area contributed by atoms with E-state index in [1.54, 1.807) is 60.7 Å². The van der Waals surface area contributed by atoms with E-state index in [-0.39, 0.29) is 12.5 Å². The zero-order chi connectivity index (χ0) is 18.4. The highest BCUT2D eigenvalue weighted by Gasteiger charge is 2.18. The SMILES string of the molecule is COc1ccc(N(Cc2ccco2)C(=O)COc2ccc(Cl)cc2)cc1. The second-order valence-electron chi connectivity index (χ2n) is 5.50. The van der Waals surface area contributed by atoms with Crippen molar-refractivity contribution < 1.29 is 18.7 Å². The maximum absolute atomic E-state index is 12.8. The van der Waals surface area contributed by atoms with E-state index >= 15 is 0 Å². The van der Waals surface area contributed by atoms with E-state index in [2.05, 4.69) is 0 Å². The maximum atomic E-state index is 12.8. The van der Waals surface area contributed by atoms with Crippen LogP contribution < -0.4 is 14.4 Å².